The van der Waals surface area contributed by atoms with Crippen LogP contribution in [0, 0.1) is 0 Å². The van der Waals surface area contributed by atoms with E-state index in [0.717, 1.165) is 22.4 Å². The monoisotopic (exact) mass is 375 g/mol. The largest absolute Gasteiger partial charge is 0.496 e. The van der Waals surface area contributed by atoms with Crippen LogP contribution in [0.25, 0.3) is 11.1 Å². The summed E-state index contributed by atoms with van der Waals surface area (Å²) < 4.78 is 10.9. The smallest absolute Gasteiger partial charge is 0.224 e. The molecule has 0 aliphatic carbocycles. The Kier molecular flexibility index (Phi) is 6.82. The van der Waals surface area contributed by atoms with Crippen molar-refractivity contribution in [3.8, 4) is 16.9 Å². The van der Waals surface area contributed by atoms with Crippen molar-refractivity contribution in [3.05, 3.63) is 90.0 Å². The van der Waals surface area contributed by atoms with Gasteiger partial charge in [-0.15, -0.1) is 0 Å². The highest BCUT2D eigenvalue weighted by atomic mass is 16.5. The molecule has 144 valence electrons. The Morgan fingerprint density at radius 2 is 1.50 bits per heavy atom. The van der Waals surface area contributed by atoms with Gasteiger partial charge in [-0.25, -0.2) is 0 Å². The van der Waals surface area contributed by atoms with Crippen molar-refractivity contribution in [1.29, 1.82) is 0 Å². The molecule has 4 heteroatoms. The fourth-order valence-electron chi connectivity index (χ4n) is 3.15. The Morgan fingerprint density at radius 1 is 0.857 bits per heavy atom. The van der Waals surface area contributed by atoms with Crippen LogP contribution in [0.4, 0.5) is 0 Å². The second-order valence-corrected chi connectivity index (χ2v) is 6.51. The molecule has 3 aromatic carbocycles. The van der Waals surface area contributed by atoms with Crippen molar-refractivity contribution in [2.45, 2.75) is 12.5 Å². The van der Waals surface area contributed by atoms with Crippen LogP contribution in [0.2, 0.25) is 0 Å². The quantitative estimate of drug-likeness (QED) is 0.634. The molecule has 0 saturated carbocycles. The van der Waals surface area contributed by atoms with Crippen LogP contribution in [0.15, 0.2) is 78.9 Å². The van der Waals surface area contributed by atoms with Crippen LogP contribution in [0.3, 0.4) is 0 Å². The van der Waals surface area contributed by atoms with E-state index < -0.39 is 0 Å². The molecule has 0 bridgehead atoms. The van der Waals surface area contributed by atoms with Gasteiger partial charge >= 0.3 is 0 Å². The molecule has 0 fully saturated rings. The van der Waals surface area contributed by atoms with E-state index in [1.54, 1.807) is 14.2 Å². The number of amides is 1. The van der Waals surface area contributed by atoms with Gasteiger partial charge in [-0.1, -0.05) is 72.8 Å². The molecule has 1 amide bonds. The molecule has 0 heterocycles. The third kappa shape index (κ3) is 4.99. The molecule has 1 N–H and O–H groups in total. The Balaban J connectivity index is 1.58. The molecule has 28 heavy (non-hydrogen) atoms. The van der Waals surface area contributed by atoms with Gasteiger partial charge in [0.2, 0.25) is 5.91 Å². The lowest BCUT2D eigenvalue weighted by Gasteiger charge is -2.19. The second kappa shape index (κ2) is 9.72. The summed E-state index contributed by atoms with van der Waals surface area (Å²) in [6.45, 7) is 0.387. The third-order valence-electron chi connectivity index (χ3n) is 4.68. The van der Waals surface area contributed by atoms with Crippen LogP contribution in [0.5, 0.6) is 5.75 Å². The normalized spacial score (nSPS) is 11.6. The molecule has 1 atom stereocenters. The fourth-order valence-corrected chi connectivity index (χ4v) is 3.15. The van der Waals surface area contributed by atoms with E-state index in [-0.39, 0.29) is 12.0 Å². The molecule has 0 aliphatic heterocycles. The molecule has 1 unspecified atom stereocenters. The summed E-state index contributed by atoms with van der Waals surface area (Å²) in [5.41, 5.74) is 4.20. The van der Waals surface area contributed by atoms with E-state index in [1.165, 1.54) is 5.56 Å². The molecule has 0 saturated heterocycles. The van der Waals surface area contributed by atoms with Gasteiger partial charge < -0.3 is 14.8 Å². The number of para-hydroxylation sites is 1. The number of hydrogen-bond donors (Lipinski definition) is 1. The molecule has 4 nitrogen and oxygen atoms in total. The molecule has 3 rings (SSSR count). The van der Waals surface area contributed by atoms with E-state index in [9.17, 15) is 4.79 Å². The number of benzene rings is 3. The van der Waals surface area contributed by atoms with Gasteiger partial charge in [0.05, 0.1) is 13.5 Å². The van der Waals surface area contributed by atoms with Crippen LogP contribution in [-0.2, 0) is 16.0 Å². The third-order valence-corrected chi connectivity index (χ3v) is 4.68. The molecule has 0 spiro atoms. The van der Waals surface area contributed by atoms with Crippen LogP contribution >= 0.6 is 0 Å². The first-order valence-electron chi connectivity index (χ1n) is 9.28. The van der Waals surface area contributed by atoms with E-state index in [0.29, 0.717) is 13.0 Å². The predicted molar refractivity (Wildman–Crippen MR) is 111 cm³/mol. The lowest BCUT2D eigenvalue weighted by atomic mass is 10.0. The summed E-state index contributed by atoms with van der Waals surface area (Å²) in [6, 6.07) is 25.9. The second-order valence-electron chi connectivity index (χ2n) is 6.51. The van der Waals surface area contributed by atoms with Gasteiger partial charge in [-0.3, -0.25) is 4.79 Å². The summed E-state index contributed by atoms with van der Waals surface area (Å²) in [5, 5.41) is 2.96. The Hall–Kier alpha value is -3.11. The number of carbonyl (C=O) groups is 1. The van der Waals surface area contributed by atoms with Gasteiger partial charge in [0.1, 0.15) is 11.9 Å². The van der Waals surface area contributed by atoms with E-state index in [4.69, 9.17) is 9.47 Å². The highest BCUT2D eigenvalue weighted by Gasteiger charge is 2.16. The summed E-state index contributed by atoms with van der Waals surface area (Å²) in [7, 11) is 3.26. The number of carbonyl (C=O) groups excluding carboxylic acids is 1. The van der Waals surface area contributed by atoms with Crippen molar-refractivity contribution in [1.82, 2.24) is 5.32 Å². The van der Waals surface area contributed by atoms with Crippen molar-refractivity contribution < 1.29 is 14.3 Å². The molecule has 0 aliphatic rings. The van der Waals surface area contributed by atoms with Gasteiger partial charge in [0.25, 0.3) is 0 Å². The topological polar surface area (TPSA) is 47.6 Å². The first-order valence-corrected chi connectivity index (χ1v) is 9.28. The minimum absolute atomic E-state index is 0.0376. The summed E-state index contributed by atoms with van der Waals surface area (Å²) in [5.74, 6) is 0.713. The van der Waals surface area contributed by atoms with Crippen molar-refractivity contribution >= 4 is 5.91 Å². The number of rotatable bonds is 8. The standard InChI is InChI=1S/C24H25NO3/c1-27-22-11-7-6-10-21(22)23(28-2)17-25-24(26)16-18-12-14-20(15-13-18)19-8-4-3-5-9-19/h3-15,23H,16-17H2,1-2H3,(H,25,26). The summed E-state index contributed by atoms with van der Waals surface area (Å²) in [4.78, 5) is 12.4. The zero-order valence-corrected chi connectivity index (χ0v) is 16.2. The van der Waals surface area contributed by atoms with Crippen molar-refractivity contribution in [2.24, 2.45) is 0 Å². The zero-order valence-electron chi connectivity index (χ0n) is 16.2. The van der Waals surface area contributed by atoms with Crippen LogP contribution < -0.4 is 10.1 Å². The summed E-state index contributed by atoms with van der Waals surface area (Å²) in [6.07, 6.45) is 0.0674. The number of methoxy groups -OCH3 is 2. The van der Waals surface area contributed by atoms with Gasteiger partial charge in [0, 0.05) is 19.2 Å². The molecular formula is C24H25NO3. The fraction of sp³-hybridized carbons (Fsp3) is 0.208. The average Bonchev–Trinajstić information content (AvgIpc) is 2.75. The minimum atomic E-state index is -0.263. The lowest BCUT2D eigenvalue weighted by Crippen LogP contribution is -2.30. The van der Waals surface area contributed by atoms with E-state index in [2.05, 4.69) is 17.4 Å². The number of ether oxygens (including phenoxy) is 2. The molecule has 0 aromatic heterocycles. The average molecular weight is 375 g/mol. The van der Waals surface area contributed by atoms with E-state index >= 15 is 0 Å². The highest BCUT2D eigenvalue weighted by molar-refractivity contribution is 5.79. The first-order chi connectivity index (χ1) is 13.7. The minimum Gasteiger partial charge on any atom is -0.496 e. The van der Waals surface area contributed by atoms with Crippen LogP contribution in [-0.4, -0.2) is 26.7 Å². The zero-order chi connectivity index (χ0) is 19.8. The molecular weight excluding hydrogens is 350 g/mol. The van der Waals surface area contributed by atoms with Crippen molar-refractivity contribution in [3.63, 3.8) is 0 Å². The van der Waals surface area contributed by atoms with Crippen LogP contribution in [0.1, 0.15) is 17.2 Å². The van der Waals surface area contributed by atoms with Crippen molar-refractivity contribution in [2.75, 3.05) is 20.8 Å². The Morgan fingerprint density at radius 3 is 2.18 bits per heavy atom. The highest BCUT2D eigenvalue weighted by Crippen LogP contribution is 2.26. The van der Waals surface area contributed by atoms with E-state index in [1.807, 2.05) is 66.7 Å². The maximum Gasteiger partial charge on any atom is 0.224 e. The maximum atomic E-state index is 12.4. The maximum absolute atomic E-state index is 12.4. The predicted octanol–water partition coefficient (Wildman–Crippen LogP) is 4.41. The van der Waals surface area contributed by atoms with Gasteiger partial charge in [0.15, 0.2) is 0 Å². The molecule has 3 aromatic rings. The number of nitrogens with one attached hydrogen (secondary N) is 1. The Labute approximate surface area is 166 Å². The summed E-state index contributed by atoms with van der Waals surface area (Å²) >= 11 is 0. The van der Waals surface area contributed by atoms with Gasteiger partial charge in [-0.05, 0) is 22.8 Å². The SMILES string of the molecule is COc1ccccc1C(CNC(=O)Cc1ccc(-c2ccccc2)cc1)OC. The first kappa shape index (κ1) is 19.6. The lowest BCUT2D eigenvalue weighted by molar-refractivity contribution is -0.121. The number of hydrogen-bond acceptors (Lipinski definition) is 3. The molecule has 0 radical (unpaired) electrons. The van der Waals surface area contributed by atoms with Gasteiger partial charge in [-0.2, -0.15) is 0 Å². The Bertz CT molecular complexity index is 891.